The first-order chi connectivity index (χ1) is 15.6. The maximum Gasteiger partial charge on any atom is 0.242 e. The number of phenols is 1. The average Bonchev–Trinajstić information content (AvgIpc) is 2.79. The molecule has 0 saturated carbocycles. The molecule has 0 aliphatic carbocycles. The number of nitrogens with one attached hydrogen (secondary N) is 2. The normalized spacial score (nSPS) is 13.3. The number of nitrogens with two attached hydrogens (primary N) is 2. The van der Waals surface area contributed by atoms with Gasteiger partial charge in [0.15, 0.2) is 11.5 Å². The molecule has 0 saturated heterocycles. The molecular formula is C23H30N4O6. The molecule has 0 radical (unpaired) electrons. The fourth-order valence-corrected chi connectivity index (χ4v) is 3.13. The van der Waals surface area contributed by atoms with Gasteiger partial charge in [0.25, 0.3) is 0 Å². The van der Waals surface area contributed by atoms with Crippen LogP contribution in [0.4, 0.5) is 0 Å². The Morgan fingerprint density at radius 1 is 0.909 bits per heavy atom. The first kappa shape index (κ1) is 25.5. The molecule has 0 bridgehead atoms. The molecule has 2 rings (SSSR count). The van der Waals surface area contributed by atoms with Gasteiger partial charge in [0.1, 0.15) is 17.8 Å². The van der Waals surface area contributed by atoms with Gasteiger partial charge in [-0.1, -0.05) is 18.2 Å². The number of ether oxygens (including phenoxy) is 2. The second kappa shape index (κ2) is 11.7. The predicted octanol–water partition coefficient (Wildman–Crippen LogP) is -0.00330. The number of rotatable bonds is 11. The van der Waals surface area contributed by atoms with Crippen LogP contribution in [0.3, 0.4) is 0 Å². The molecular weight excluding hydrogens is 428 g/mol. The molecule has 0 aromatic heterocycles. The lowest BCUT2D eigenvalue weighted by atomic mass is 10.0. The third-order valence-electron chi connectivity index (χ3n) is 5.03. The molecule has 0 aliphatic heterocycles. The van der Waals surface area contributed by atoms with Crippen molar-refractivity contribution in [2.75, 3.05) is 14.2 Å². The van der Waals surface area contributed by atoms with Crippen molar-refractivity contribution in [1.82, 2.24) is 10.6 Å². The topological polar surface area (TPSA) is 166 Å². The van der Waals surface area contributed by atoms with E-state index in [1.807, 2.05) is 0 Å². The quantitative estimate of drug-likeness (QED) is 0.316. The Bertz CT molecular complexity index is 979. The second-order valence-electron chi connectivity index (χ2n) is 7.56. The molecule has 2 aromatic rings. The van der Waals surface area contributed by atoms with Crippen LogP contribution >= 0.6 is 0 Å². The number of amides is 3. The molecule has 0 unspecified atom stereocenters. The molecule has 0 heterocycles. The summed E-state index contributed by atoms with van der Waals surface area (Å²) in [5, 5.41) is 14.4. The SMILES string of the molecule is COc1ccc(C[C@H](NC(=O)[C@@H](C)NC(=O)[C@@H](N)Cc2ccc(O)cc2)C(N)=O)cc1OC. The zero-order valence-electron chi connectivity index (χ0n) is 18.8. The summed E-state index contributed by atoms with van der Waals surface area (Å²) >= 11 is 0. The van der Waals surface area contributed by atoms with Gasteiger partial charge in [0, 0.05) is 6.42 Å². The largest absolute Gasteiger partial charge is 0.508 e. The van der Waals surface area contributed by atoms with Gasteiger partial charge in [-0.3, -0.25) is 14.4 Å². The number of carbonyl (C=O) groups is 3. The Kier molecular flexibility index (Phi) is 9.05. The van der Waals surface area contributed by atoms with Crippen LogP contribution in [0, 0.1) is 0 Å². The maximum atomic E-state index is 12.6. The second-order valence-corrected chi connectivity index (χ2v) is 7.56. The van der Waals surface area contributed by atoms with Crippen LogP contribution in [-0.2, 0) is 27.2 Å². The van der Waals surface area contributed by atoms with E-state index >= 15 is 0 Å². The van der Waals surface area contributed by atoms with E-state index in [1.165, 1.54) is 33.3 Å². The summed E-state index contributed by atoms with van der Waals surface area (Å²) in [6, 6.07) is 8.57. The summed E-state index contributed by atoms with van der Waals surface area (Å²) < 4.78 is 10.4. The molecule has 0 fully saturated rings. The van der Waals surface area contributed by atoms with Crippen molar-refractivity contribution in [2.24, 2.45) is 11.5 Å². The average molecular weight is 459 g/mol. The molecule has 10 heteroatoms. The van der Waals surface area contributed by atoms with E-state index in [-0.39, 0.29) is 18.6 Å². The Labute approximate surface area is 192 Å². The van der Waals surface area contributed by atoms with Gasteiger partial charge >= 0.3 is 0 Å². The minimum atomic E-state index is -0.999. The summed E-state index contributed by atoms with van der Waals surface area (Å²) in [7, 11) is 3.00. The molecule has 33 heavy (non-hydrogen) atoms. The summed E-state index contributed by atoms with van der Waals surface area (Å²) in [6.45, 7) is 1.48. The van der Waals surface area contributed by atoms with E-state index in [0.717, 1.165) is 5.56 Å². The number of hydrogen-bond donors (Lipinski definition) is 5. The zero-order valence-corrected chi connectivity index (χ0v) is 18.8. The highest BCUT2D eigenvalue weighted by molar-refractivity contribution is 5.92. The molecule has 7 N–H and O–H groups in total. The molecule has 0 aliphatic rings. The first-order valence-electron chi connectivity index (χ1n) is 10.3. The smallest absolute Gasteiger partial charge is 0.242 e. The van der Waals surface area contributed by atoms with Crippen LogP contribution in [-0.4, -0.2) is 55.2 Å². The van der Waals surface area contributed by atoms with Crippen molar-refractivity contribution in [3.63, 3.8) is 0 Å². The molecule has 0 spiro atoms. The Balaban J connectivity index is 1.96. The Hall–Kier alpha value is -3.79. The lowest BCUT2D eigenvalue weighted by Gasteiger charge is -2.21. The number of methoxy groups -OCH3 is 2. The Morgan fingerprint density at radius 2 is 1.52 bits per heavy atom. The van der Waals surface area contributed by atoms with Gasteiger partial charge in [-0.15, -0.1) is 0 Å². The number of benzene rings is 2. The summed E-state index contributed by atoms with van der Waals surface area (Å²) in [4.78, 5) is 36.9. The third kappa shape index (κ3) is 7.39. The van der Waals surface area contributed by atoms with Crippen molar-refractivity contribution in [1.29, 1.82) is 0 Å². The van der Waals surface area contributed by atoms with Gasteiger partial charge < -0.3 is 36.7 Å². The zero-order chi connectivity index (χ0) is 24.5. The number of primary amides is 1. The number of hydrogen-bond acceptors (Lipinski definition) is 7. The van der Waals surface area contributed by atoms with Crippen LogP contribution in [0.5, 0.6) is 17.2 Å². The molecule has 3 amide bonds. The summed E-state index contributed by atoms with van der Waals surface area (Å²) in [6.07, 6.45) is 0.353. The number of carbonyl (C=O) groups excluding carboxylic acids is 3. The van der Waals surface area contributed by atoms with Gasteiger partial charge in [-0.05, 0) is 48.7 Å². The van der Waals surface area contributed by atoms with Crippen LogP contribution in [0.2, 0.25) is 0 Å². The van der Waals surface area contributed by atoms with E-state index < -0.39 is 35.8 Å². The minimum absolute atomic E-state index is 0.110. The maximum absolute atomic E-state index is 12.6. The van der Waals surface area contributed by atoms with Crippen LogP contribution in [0.15, 0.2) is 42.5 Å². The highest BCUT2D eigenvalue weighted by Gasteiger charge is 2.25. The van der Waals surface area contributed by atoms with Crippen molar-refractivity contribution < 1.29 is 29.0 Å². The van der Waals surface area contributed by atoms with E-state index in [1.54, 1.807) is 30.3 Å². The summed E-state index contributed by atoms with van der Waals surface area (Å²) in [5.41, 5.74) is 12.9. The first-order valence-corrected chi connectivity index (χ1v) is 10.3. The van der Waals surface area contributed by atoms with Crippen LogP contribution in [0.25, 0.3) is 0 Å². The van der Waals surface area contributed by atoms with E-state index in [0.29, 0.717) is 17.1 Å². The molecule has 178 valence electrons. The lowest BCUT2D eigenvalue weighted by Crippen LogP contribution is -2.55. The fourth-order valence-electron chi connectivity index (χ4n) is 3.13. The monoisotopic (exact) mass is 458 g/mol. The van der Waals surface area contributed by atoms with E-state index in [4.69, 9.17) is 20.9 Å². The minimum Gasteiger partial charge on any atom is -0.508 e. The molecule has 2 aromatic carbocycles. The summed E-state index contributed by atoms with van der Waals surface area (Å²) in [5.74, 6) is -0.709. The fraction of sp³-hybridized carbons (Fsp3) is 0.348. The van der Waals surface area contributed by atoms with Gasteiger partial charge in [-0.25, -0.2) is 0 Å². The van der Waals surface area contributed by atoms with Crippen molar-refractivity contribution in [3.05, 3.63) is 53.6 Å². The van der Waals surface area contributed by atoms with Crippen molar-refractivity contribution in [3.8, 4) is 17.2 Å². The lowest BCUT2D eigenvalue weighted by molar-refractivity contribution is -0.131. The molecule has 10 nitrogen and oxygen atoms in total. The van der Waals surface area contributed by atoms with Crippen molar-refractivity contribution in [2.45, 2.75) is 37.9 Å². The highest BCUT2D eigenvalue weighted by Crippen LogP contribution is 2.28. The number of phenolic OH excluding ortho intramolecular Hbond substituents is 1. The van der Waals surface area contributed by atoms with E-state index in [2.05, 4.69) is 10.6 Å². The molecule has 3 atom stereocenters. The van der Waals surface area contributed by atoms with Crippen LogP contribution in [0.1, 0.15) is 18.1 Å². The van der Waals surface area contributed by atoms with Gasteiger partial charge in [0.2, 0.25) is 17.7 Å². The third-order valence-corrected chi connectivity index (χ3v) is 5.03. The predicted molar refractivity (Wildman–Crippen MR) is 122 cm³/mol. The van der Waals surface area contributed by atoms with Crippen molar-refractivity contribution >= 4 is 17.7 Å². The highest BCUT2D eigenvalue weighted by atomic mass is 16.5. The Morgan fingerprint density at radius 3 is 2.09 bits per heavy atom. The number of aromatic hydroxyl groups is 1. The standard InChI is InChI=1S/C23H30N4O6/c1-13(26-23(31)17(24)10-14-4-7-16(28)8-5-14)22(30)27-18(21(25)29)11-15-6-9-19(32-2)20(12-15)33-3/h4-9,12-13,17-18,28H,10-11,24H2,1-3H3,(H2,25,29)(H,26,31)(H,27,30)/t13-,17+,18+/m1/s1. The van der Waals surface area contributed by atoms with Gasteiger partial charge in [0.05, 0.1) is 20.3 Å². The van der Waals surface area contributed by atoms with E-state index in [9.17, 15) is 19.5 Å². The van der Waals surface area contributed by atoms with Crippen LogP contribution < -0.4 is 31.6 Å². The van der Waals surface area contributed by atoms with Gasteiger partial charge in [-0.2, -0.15) is 0 Å².